The number of ether oxygens (including phenoxy) is 2. The highest BCUT2D eigenvalue weighted by Crippen LogP contribution is 2.31. The Bertz CT molecular complexity index is 481. The fourth-order valence-corrected chi connectivity index (χ4v) is 2.74. The third-order valence-electron chi connectivity index (χ3n) is 4.00. The lowest BCUT2D eigenvalue weighted by molar-refractivity contribution is 0.116. The van der Waals surface area contributed by atoms with E-state index in [9.17, 15) is 5.26 Å². The van der Waals surface area contributed by atoms with E-state index >= 15 is 0 Å². The van der Waals surface area contributed by atoms with Crippen LogP contribution in [0.25, 0.3) is 0 Å². The molecule has 0 aliphatic heterocycles. The van der Waals surface area contributed by atoms with E-state index in [0.29, 0.717) is 0 Å². The summed E-state index contributed by atoms with van der Waals surface area (Å²) in [4.78, 5) is 0. The molecule has 4 nitrogen and oxygen atoms in total. The van der Waals surface area contributed by atoms with Gasteiger partial charge in [-0.05, 0) is 57.0 Å². The summed E-state index contributed by atoms with van der Waals surface area (Å²) >= 11 is 0. The third-order valence-corrected chi connectivity index (χ3v) is 4.00. The van der Waals surface area contributed by atoms with Crippen molar-refractivity contribution >= 4 is 0 Å². The van der Waals surface area contributed by atoms with Crippen LogP contribution in [-0.4, -0.2) is 25.3 Å². The molecular weight excluding hydrogens is 264 g/mol. The Balaban J connectivity index is 1.93. The van der Waals surface area contributed by atoms with E-state index in [4.69, 9.17) is 9.47 Å². The Morgan fingerprint density at radius 3 is 2.67 bits per heavy atom. The Morgan fingerprint density at radius 2 is 2.05 bits per heavy atom. The molecule has 1 saturated carbocycles. The van der Waals surface area contributed by atoms with Crippen molar-refractivity contribution in [3.8, 4) is 17.6 Å². The first-order valence-corrected chi connectivity index (χ1v) is 7.71. The van der Waals surface area contributed by atoms with E-state index in [-0.39, 0.29) is 6.10 Å². The van der Waals surface area contributed by atoms with Crippen LogP contribution in [0.15, 0.2) is 24.3 Å². The van der Waals surface area contributed by atoms with Crippen LogP contribution in [0.5, 0.6) is 11.5 Å². The summed E-state index contributed by atoms with van der Waals surface area (Å²) in [7, 11) is 1.85. The topological polar surface area (TPSA) is 54.3 Å². The van der Waals surface area contributed by atoms with Crippen LogP contribution in [0.2, 0.25) is 0 Å². The second kappa shape index (κ2) is 7.33. The molecule has 1 aliphatic rings. The van der Waals surface area contributed by atoms with Crippen molar-refractivity contribution in [1.29, 1.82) is 5.26 Å². The van der Waals surface area contributed by atoms with E-state index in [1.54, 1.807) is 0 Å². The van der Waals surface area contributed by atoms with Crippen molar-refractivity contribution in [3.05, 3.63) is 24.3 Å². The van der Waals surface area contributed by atoms with Gasteiger partial charge in [-0.3, -0.25) is 0 Å². The predicted molar refractivity (Wildman–Crippen MR) is 82.5 cm³/mol. The van der Waals surface area contributed by atoms with Crippen LogP contribution in [0, 0.1) is 11.3 Å². The van der Waals surface area contributed by atoms with Gasteiger partial charge in [0.1, 0.15) is 23.1 Å². The Morgan fingerprint density at radius 1 is 1.33 bits per heavy atom. The van der Waals surface area contributed by atoms with E-state index < -0.39 is 5.54 Å². The van der Waals surface area contributed by atoms with Gasteiger partial charge < -0.3 is 14.8 Å². The first-order valence-electron chi connectivity index (χ1n) is 7.71. The summed E-state index contributed by atoms with van der Waals surface area (Å²) < 4.78 is 11.6. The first-order chi connectivity index (χ1) is 10.2. The van der Waals surface area contributed by atoms with E-state index in [1.807, 2.05) is 31.3 Å². The monoisotopic (exact) mass is 288 g/mol. The lowest BCUT2D eigenvalue weighted by Crippen LogP contribution is -2.48. The van der Waals surface area contributed by atoms with Gasteiger partial charge in [0.15, 0.2) is 0 Å². The average Bonchev–Trinajstić information content (AvgIpc) is 2.54. The minimum Gasteiger partial charge on any atom is -0.494 e. The Kier molecular flexibility index (Phi) is 5.46. The summed E-state index contributed by atoms with van der Waals surface area (Å²) in [6.07, 6.45) is 4.72. The quantitative estimate of drug-likeness (QED) is 0.873. The number of benzene rings is 1. The summed E-state index contributed by atoms with van der Waals surface area (Å²) in [5, 5.41) is 12.5. The normalized spacial score (nSPS) is 25.1. The van der Waals surface area contributed by atoms with Crippen LogP contribution < -0.4 is 14.8 Å². The van der Waals surface area contributed by atoms with Crippen molar-refractivity contribution < 1.29 is 9.47 Å². The molecule has 4 heteroatoms. The number of rotatable bonds is 6. The molecule has 1 aromatic rings. The number of hydrogen-bond acceptors (Lipinski definition) is 4. The van der Waals surface area contributed by atoms with Crippen molar-refractivity contribution in [1.82, 2.24) is 5.32 Å². The van der Waals surface area contributed by atoms with Gasteiger partial charge in [-0.1, -0.05) is 6.92 Å². The molecule has 0 spiro atoms. The lowest BCUT2D eigenvalue weighted by Gasteiger charge is -2.35. The molecule has 1 aliphatic carbocycles. The van der Waals surface area contributed by atoms with Gasteiger partial charge in [0.25, 0.3) is 0 Å². The largest absolute Gasteiger partial charge is 0.494 e. The highest BCUT2D eigenvalue weighted by molar-refractivity contribution is 5.31. The SMILES string of the molecule is CCCOc1ccc(OC2CCCC(C#N)(NC)C2)cc1. The molecular formula is C17H24N2O2. The third kappa shape index (κ3) is 4.12. The number of nitrogens with zero attached hydrogens (tertiary/aromatic N) is 1. The first kappa shape index (κ1) is 15.7. The highest BCUT2D eigenvalue weighted by atomic mass is 16.5. The maximum Gasteiger partial charge on any atom is 0.119 e. The summed E-state index contributed by atoms with van der Waals surface area (Å²) in [5.74, 6) is 1.71. The minimum atomic E-state index is -0.437. The van der Waals surface area contributed by atoms with Crippen molar-refractivity contribution in [3.63, 3.8) is 0 Å². The molecule has 0 bridgehead atoms. The Labute approximate surface area is 127 Å². The summed E-state index contributed by atoms with van der Waals surface area (Å²) in [6.45, 7) is 2.82. The zero-order chi connectivity index (χ0) is 15.1. The molecule has 2 unspecified atom stereocenters. The van der Waals surface area contributed by atoms with Gasteiger partial charge in [0, 0.05) is 6.42 Å². The van der Waals surface area contributed by atoms with Crippen LogP contribution in [0.1, 0.15) is 39.0 Å². The van der Waals surface area contributed by atoms with Crippen LogP contribution in [0.4, 0.5) is 0 Å². The van der Waals surface area contributed by atoms with Gasteiger partial charge in [-0.25, -0.2) is 0 Å². The van der Waals surface area contributed by atoms with Gasteiger partial charge in [-0.15, -0.1) is 0 Å². The fraction of sp³-hybridized carbons (Fsp3) is 0.588. The zero-order valence-corrected chi connectivity index (χ0v) is 12.9. The van der Waals surface area contributed by atoms with E-state index in [1.165, 1.54) is 0 Å². The molecule has 1 fully saturated rings. The molecule has 2 atom stereocenters. The molecule has 0 amide bonds. The van der Waals surface area contributed by atoms with Crippen molar-refractivity contribution in [2.45, 2.75) is 50.7 Å². The number of nitrogens with one attached hydrogen (secondary N) is 1. The molecule has 1 N–H and O–H groups in total. The molecule has 0 heterocycles. The number of nitriles is 1. The molecule has 2 rings (SSSR count). The molecule has 0 saturated heterocycles. The minimum absolute atomic E-state index is 0.0910. The van der Waals surface area contributed by atoms with Gasteiger partial charge in [0.05, 0.1) is 12.7 Å². The maximum absolute atomic E-state index is 9.36. The zero-order valence-electron chi connectivity index (χ0n) is 12.9. The molecule has 1 aromatic carbocycles. The van der Waals surface area contributed by atoms with E-state index in [2.05, 4.69) is 18.3 Å². The number of hydrogen-bond donors (Lipinski definition) is 1. The van der Waals surface area contributed by atoms with Crippen LogP contribution in [0.3, 0.4) is 0 Å². The fourth-order valence-electron chi connectivity index (χ4n) is 2.74. The average molecular weight is 288 g/mol. The highest BCUT2D eigenvalue weighted by Gasteiger charge is 2.36. The van der Waals surface area contributed by atoms with Gasteiger partial charge in [-0.2, -0.15) is 5.26 Å². The second-order valence-corrected chi connectivity index (χ2v) is 5.60. The second-order valence-electron chi connectivity index (χ2n) is 5.60. The smallest absolute Gasteiger partial charge is 0.119 e. The van der Waals surface area contributed by atoms with Gasteiger partial charge in [0.2, 0.25) is 0 Å². The van der Waals surface area contributed by atoms with Gasteiger partial charge >= 0.3 is 0 Å². The predicted octanol–water partition coefficient (Wildman–Crippen LogP) is 3.28. The van der Waals surface area contributed by atoms with Crippen molar-refractivity contribution in [2.24, 2.45) is 0 Å². The van der Waals surface area contributed by atoms with Crippen molar-refractivity contribution in [2.75, 3.05) is 13.7 Å². The molecule has 114 valence electrons. The van der Waals surface area contributed by atoms with Crippen LogP contribution in [-0.2, 0) is 0 Å². The van der Waals surface area contributed by atoms with E-state index in [0.717, 1.165) is 50.2 Å². The summed E-state index contributed by atoms with van der Waals surface area (Å²) in [6, 6.07) is 10.1. The molecule has 0 radical (unpaired) electrons. The Hall–Kier alpha value is -1.73. The molecule has 21 heavy (non-hydrogen) atoms. The standard InChI is InChI=1S/C17H24N2O2/c1-3-11-20-14-6-8-15(9-7-14)21-16-5-4-10-17(12-16,13-18)19-2/h6-9,16,19H,3-5,10-12H2,1-2H3. The summed E-state index contributed by atoms with van der Waals surface area (Å²) in [5.41, 5.74) is -0.437. The lowest BCUT2D eigenvalue weighted by atomic mass is 9.81. The molecule has 0 aromatic heterocycles. The van der Waals surface area contributed by atoms with Crippen LogP contribution >= 0.6 is 0 Å². The maximum atomic E-state index is 9.36.